The summed E-state index contributed by atoms with van der Waals surface area (Å²) in [5.41, 5.74) is -0.384. The highest BCUT2D eigenvalue weighted by atomic mass is 16.3. The van der Waals surface area contributed by atoms with E-state index < -0.39 is 0 Å². The van der Waals surface area contributed by atoms with Crippen molar-refractivity contribution in [2.24, 2.45) is 0 Å². The summed E-state index contributed by atoms with van der Waals surface area (Å²) in [6.07, 6.45) is 5.29. The molecule has 72 valence electrons. The van der Waals surface area contributed by atoms with Crippen molar-refractivity contribution in [1.29, 1.82) is 0 Å². The lowest BCUT2D eigenvalue weighted by Gasteiger charge is -2.44. The lowest BCUT2D eigenvalue weighted by atomic mass is 9.96. The maximum Gasteiger partial charge on any atom is 0.0872 e. The second-order valence-corrected chi connectivity index (χ2v) is 4.27. The summed E-state index contributed by atoms with van der Waals surface area (Å²) in [4.78, 5) is 2.33. The van der Waals surface area contributed by atoms with Gasteiger partial charge in [-0.25, -0.2) is 0 Å². The van der Waals surface area contributed by atoms with Crippen LogP contribution in [-0.2, 0) is 0 Å². The normalized spacial score (nSPS) is 22.2. The zero-order valence-corrected chi connectivity index (χ0v) is 8.34. The molecule has 1 heterocycles. The SMILES string of the molecule is CCCCCCN1CC(C)(O)C1. The lowest BCUT2D eigenvalue weighted by molar-refractivity contribution is -0.0833. The third-order valence-corrected chi connectivity index (χ3v) is 2.46. The predicted molar refractivity (Wildman–Crippen MR) is 51.2 cm³/mol. The third-order valence-electron chi connectivity index (χ3n) is 2.46. The summed E-state index contributed by atoms with van der Waals surface area (Å²) >= 11 is 0. The van der Waals surface area contributed by atoms with Gasteiger partial charge in [-0.1, -0.05) is 26.2 Å². The fourth-order valence-electron chi connectivity index (χ4n) is 1.84. The van der Waals surface area contributed by atoms with Crippen molar-refractivity contribution in [2.75, 3.05) is 19.6 Å². The van der Waals surface area contributed by atoms with Gasteiger partial charge in [0.15, 0.2) is 0 Å². The molecule has 12 heavy (non-hydrogen) atoms. The molecule has 1 N–H and O–H groups in total. The Morgan fingerprint density at radius 3 is 2.42 bits per heavy atom. The number of nitrogens with zero attached hydrogens (tertiary/aromatic N) is 1. The van der Waals surface area contributed by atoms with Crippen LogP contribution in [0, 0.1) is 0 Å². The molecule has 0 atom stereocenters. The number of rotatable bonds is 5. The van der Waals surface area contributed by atoms with Crippen molar-refractivity contribution in [3.63, 3.8) is 0 Å². The number of hydrogen-bond acceptors (Lipinski definition) is 2. The van der Waals surface area contributed by atoms with E-state index in [9.17, 15) is 5.11 Å². The minimum atomic E-state index is -0.384. The molecule has 0 bridgehead atoms. The maximum atomic E-state index is 9.44. The Bertz CT molecular complexity index is 126. The Morgan fingerprint density at radius 1 is 1.25 bits per heavy atom. The molecule has 0 amide bonds. The van der Waals surface area contributed by atoms with Crippen LogP contribution in [0.3, 0.4) is 0 Å². The molecule has 0 unspecified atom stereocenters. The Balaban J connectivity index is 1.90. The fraction of sp³-hybridized carbons (Fsp3) is 1.00. The fourth-order valence-corrected chi connectivity index (χ4v) is 1.84. The highest BCUT2D eigenvalue weighted by molar-refractivity contribution is 4.90. The van der Waals surface area contributed by atoms with Gasteiger partial charge in [-0.2, -0.15) is 0 Å². The summed E-state index contributed by atoms with van der Waals surface area (Å²) in [6.45, 7) is 7.07. The third kappa shape index (κ3) is 3.11. The Hall–Kier alpha value is -0.0800. The van der Waals surface area contributed by atoms with Crippen LogP contribution in [0.15, 0.2) is 0 Å². The van der Waals surface area contributed by atoms with E-state index >= 15 is 0 Å². The molecule has 1 fully saturated rings. The zero-order valence-electron chi connectivity index (χ0n) is 8.34. The minimum absolute atomic E-state index is 0.384. The summed E-state index contributed by atoms with van der Waals surface area (Å²) in [5.74, 6) is 0. The van der Waals surface area contributed by atoms with Gasteiger partial charge in [0.25, 0.3) is 0 Å². The Kier molecular flexibility index (Phi) is 3.53. The molecule has 0 aromatic rings. The van der Waals surface area contributed by atoms with Crippen LogP contribution in [0.25, 0.3) is 0 Å². The van der Waals surface area contributed by atoms with E-state index in [1.54, 1.807) is 0 Å². The van der Waals surface area contributed by atoms with Gasteiger partial charge < -0.3 is 5.11 Å². The van der Waals surface area contributed by atoms with Crippen LogP contribution in [0.4, 0.5) is 0 Å². The molecule has 0 spiro atoms. The van der Waals surface area contributed by atoms with Gasteiger partial charge >= 0.3 is 0 Å². The summed E-state index contributed by atoms with van der Waals surface area (Å²) in [7, 11) is 0. The average molecular weight is 171 g/mol. The molecule has 0 saturated carbocycles. The van der Waals surface area contributed by atoms with Crippen molar-refractivity contribution < 1.29 is 5.11 Å². The van der Waals surface area contributed by atoms with Gasteiger partial charge in [0.2, 0.25) is 0 Å². The van der Waals surface area contributed by atoms with E-state index in [0.717, 1.165) is 13.1 Å². The molecule has 2 heteroatoms. The molecule has 0 radical (unpaired) electrons. The first-order valence-corrected chi connectivity index (χ1v) is 5.09. The van der Waals surface area contributed by atoms with Crippen LogP contribution in [0.2, 0.25) is 0 Å². The first-order chi connectivity index (χ1) is 5.64. The van der Waals surface area contributed by atoms with Crippen molar-refractivity contribution in [3.8, 4) is 0 Å². The second-order valence-electron chi connectivity index (χ2n) is 4.27. The van der Waals surface area contributed by atoms with E-state index in [1.807, 2.05) is 6.92 Å². The van der Waals surface area contributed by atoms with Gasteiger partial charge in [0.1, 0.15) is 0 Å². The highest BCUT2D eigenvalue weighted by Gasteiger charge is 2.35. The van der Waals surface area contributed by atoms with Crippen LogP contribution in [-0.4, -0.2) is 35.2 Å². The Labute approximate surface area is 75.6 Å². The summed E-state index contributed by atoms with van der Waals surface area (Å²) < 4.78 is 0. The van der Waals surface area contributed by atoms with Gasteiger partial charge in [-0.3, -0.25) is 4.90 Å². The van der Waals surface area contributed by atoms with Crippen molar-refractivity contribution in [2.45, 2.75) is 45.1 Å². The molecule has 2 nitrogen and oxygen atoms in total. The van der Waals surface area contributed by atoms with Gasteiger partial charge in [-0.05, 0) is 19.9 Å². The van der Waals surface area contributed by atoms with Crippen molar-refractivity contribution in [1.82, 2.24) is 4.90 Å². The monoisotopic (exact) mass is 171 g/mol. The molecule has 1 aliphatic heterocycles. The Morgan fingerprint density at radius 2 is 1.92 bits per heavy atom. The maximum absolute atomic E-state index is 9.44. The standard InChI is InChI=1S/C10H21NO/c1-3-4-5-6-7-11-8-10(2,12)9-11/h12H,3-9H2,1-2H3. The molecule has 1 rings (SSSR count). The van der Waals surface area contributed by atoms with E-state index in [1.165, 1.54) is 32.2 Å². The van der Waals surface area contributed by atoms with Crippen LogP contribution in [0.5, 0.6) is 0 Å². The first kappa shape index (κ1) is 10.0. The second kappa shape index (κ2) is 4.24. The molecular weight excluding hydrogens is 150 g/mol. The quantitative estimate of drug-likeness (QED) is 0.636. The lowest BCUT2D eigenvalue weighted by Crippen LogP contribution is -2.59. The van der Waals surface area contributed by atoms with Crippen molar-refractivity contribution >= 4 is 0 Å². The van der Waals surface area contributed by atoms with E-state index in [-0.39, 0.29) is 5.60 Å². The van der Waals surface area contributed by atoms with E-state index in [0.29, 0.717) is 0 Å². The van der Waals surface area contributed by atoms with Crippen LogP contribution in [0.1, 0.15) is 39.5 Å². The largest absolute Gasteiger partial charge is 0.388 e. The number of likely N-dealkylation sites (tertiary alicyclic amines) is 1. The minimum Gasteiger partial charge on any atom is -0.388 e. The number of β-amino-alcohol motifs (C(OH)–C–C–N with tert-alkyl or cyclic N) is 1. The topological polar surface area (TPSA) is 23.5 Å². The van der Waals surface area contributed by atoms with Gasteiger partial charge in [0, 0.05) is 13.1 Å². The molecule has 0 aromatic heterocycles. The van der Waals surface area contributed by atoms with Gasteiger partial charge in [0.05, 0.1) is 5.60 Å². The zero-order chi connectivity index (χ0) is 9.03. The number of aliphatic hydroxyl groups is 1. The molecule has 1 aliphatic rings. The van der Waals surface area contributed by atoms with Crippen LogP contribution >= 0.6 is 0 Å². The predicted octanol–water partition coefficient (Wildman–Crippen LogP) is 1.63. The average Bonchev–Trinajstić information content (AvgIpc) is 1.94. The smallest absolute Gasteiger partial charge is 0.0872 e. The molecule has 0 aliphatic carbocycles. The molecule has 1 saturated heterocycles. The van der Waals surface area contributed by atoms with E-state index in [4.69, 9.17) is 0 Å². The highest BCUT2D eigenvalue weighted by Crippen LogP contribution is 2.19. The number of hydrogen-bond donors (Lipinski definition) is 1. The van der Waals surface area contributed by atoms with Gasteiger partial charge in [-0.15, -0.1) is 0 Å². The first-order valence-electron chi connectivity index (χ1n) is 5.09. The molecule has 0 aromatic carbocycles. The molecular formula is C10H21NO. The van der Waals surface area contributed by atoms with Crippen LogP contribution < -0.4 is 0 Å². The summed E-state index contributed by atoms with van der Waals surface area (Å²) in [6, 6.07) is 0. The number of unbranched alkanes of at least 4 members (excludes halogenated alkanes) is 3. The van der Waals surface area contributed by atoms with Crippen molar-refractivity contribution in [3.05, 3.63) is 0 Å². The van der Waals surface area contributed by atoms with E-state index in [2.05, 4.69) is 11.8 Å². The summed E-state index contributed by atoms with van der Waals surface area (Å²) in [5, 5.41) is 9.44.